The number of amides is 4. The van der Waals surface area contributed by atoms with E-state index in [1.54, 1.807) is 74.5 Å². The number of carboxylic acids is 1. The van der Waals surface area contributed by atoms with E-state index in [0.717, 1.165) is 0 Å². The van der Waals surface area contributed by atoms with Crippen LogP contribution in [0.15, 0.2) is 60.7 Å². The van der Waals surface area contributed by atoms with Crippen molar-refractivity contribution < 1.29 is 29.1 Å². The van der Waals surface area contributed by atoms with Crippen molar-refractivity contribution in [2.24, 2.45) is 11.5 Å². The van der Waals surface area contributed by atoms with Crippen LogP contribution in [0.25, 0.3) is 0 Å². The smallest absolute Gasteiger partial charge is 0.327 e. The van der Waals surface area contributed by atoms with Gasteiger partial charge < -0.3 is 43.2 Å². The molecule has 0 aliphatic heterocycles. The average Bonchev–Trinajstić information content (AvgIpc) is 3.03. The van der Waals surface area contributed by atoms with E-state index < -0.39 is 64.6 Å². The van der Waals surface area contributed by atoms with Crippen LogP contribution in [0.3, 0.4) is 0 Å². The summed E-state index contributed by atoms with van der Waals surface area (Å²) in [5.74, 6) is -4.28. The van der Waals surface area contributed by atoms with E-state index >= 15 is 0 Å². The van der Waals surface area contributed by atoms with Crippen LogP contribution < -0.4 is 38.1 Å². The van der Waals surface area contributed by atoms with E-state index in [1.807, 2.05) is 0 Å². The van der Waals surface area contributed by atoms with Crippen LogP contribution in [0, 0.1) is 5.41 Å². The molecule has 0 fully saturated rings. The summed E-state index contributed by atoms with van der Waals surface area (Å²) in [6.07, 6.45) is 0.497. The first-order valence-electron chi connectivity index (χ1n) is 15.3. The van der Waals surface area contributed by atoms with Gasteiger partial charge in [-0.3, -0.25) is 24.6 Å². The van der Waals surface area contributed by atoms with Crippen molar-refractivity contribution in [1.29, 1.82) is 5.41 Å². The Bertz CT molecular complexity index is 1390. The van der Waals surface area contributed by atoms with Gasteiger partial charge in [0.2, 0.25) is 23.6 Å². The number of aliphatic carboxylic acids is 1. The molecule has 4 amide bonds. The lowest BCUT2D eigenvalue weighted by molar-refractivity contribution is -0.143. The molecule has 11 N–H and O–H groups in total. The first-order chi connectivity index (χ1) is 22.6. The van der Waals surface area contributed by atoms with E-state index in [-0.39, 0.29) is 37.5 Å². The number of carbonyl (C=O) groups excluding carboxylic acids is 4. The van der Waals surface area contributed by atoms with E-state index in [9.17, 15) is 29.1 Å². The summed E-state index contributed by atoms with van der Waals surface area (Å²) < 4.78 is -1.14. The maximum absolute atomic E-state index is 13.9. The number of guanidine groups is 1. The molecule has 0 aliphatic rings. The molecule has 0 aromatic heterocycles. The minimum absolute atomic E-state index is 0.0210. The Labute approximate surface area is 291 Å². The molecule has 0 bridgehead atoms. The minimum atomic E-state index is -1.38. The molecule has 0 saturated heterocycles. The highest BCUT2D eigenvalue weighted by molar-refractivity contribution is 7.81. The SMILES string of the molecule is CC(C)(S)[C@H](NC(=O)[C@H](Cc1ccccc1)NC(=O)[C@H](Cc1ccccc1)NC(=O)[C@H](CCCNC(=N)N)NC(=O)[C@H](N)CS)C(=O)O. The molecule has 16 heteroatoms. The fraction of sp³-hybridized carbons (Fsp3) is 0.438. The quantitative estimate of drug-likeness (QED) is 0.0399. The molecule has 14 nitrogen and oxygen atoms in total. The summed E-state index contributed by atoms with van der Waals surface area (Å²) in [6, 6.07) is 11.8. The van der Waals surface area contributed by atoms with Crippen LogP contribution in [0.5, 0.6) is 0 Å². The Hall–Kier alpha value is -4.28. The van der Waals surface area contributed by atoms with Gasteiger partial charge in [0.05, 0.1) is 6.04 Å². The molecule has 2 aromatic carbocycles. The second-order valence-electron chi connectivity index (χ2n) is 11.8. The summed E-state index contributed by atoms with van der Waals surface area (Å²) in [5, 5.41) is 30.3. The molecule has 0 saturated carbocycles. The molecule has 0 unspecified atom stereocenters. The van der Waals surface area contributed by atoms with Crippen LogP contribution in [-0.4, -0.2) is 87.9 Å². The van der Waals surface area contributed by atoms with Gasteiger partial charge in [-0.2, -0.15) is 25.3 Å². The van der Waals surface area contributed by atoms with E-state index in [4.69, 9.17) is 16.9 Å². The van der Waals surface area contributed by atoms with Gasteiger partial charge in [0.1, 0.15) is 24.2 Å². The monoisotopic (exact) mass is 702 g/mol. The number of hydrogen-bond acceptors (Lipinski definition) is 9. The summed E-state index contributed by atoms with van der Waals surface area (Å²) in [4.78, 5) is 65.8. The molecular weight excluding hydrogens is 657 g/mol. The van der Waals surface area contributed by atoms with Gasteiger partial charge in [0, 0.05) is 29.9 Å². The third-order valence-corrected chi connectivity index (χ3v) is 7.87. The molecular formula is C32H46N8O6S2. The molecule has 5 atom stereocenters. The van der Waals surface area contributed by atoms with Crippen molar-refractivity contribution in [2.45, 2.75) is 74.5 Å². The Morgan fingerprint density at radius 2 is 1.23 bits per heavy atom. The first kappa shape index (κ1) is 39.9. The fourth-order valence-electron chi connectivity index (χ4n) is 4.61. The third-order valence-electron chi connectivity index (χ3n) is 7.22. The maximum atomic E-state index is 13.9. The van der Waals surface area contributed by atoms with E-state index in [1.165, 1.54) is 0 Å². The minimum Gasteiger partial charge on any atom is -0.480 e. The fourth-order valence-corrected chi connectivity index (χ4v) is 4.95. The summed E-state index contributed by atoms with van der Waals surface area (Å²) in [5.41, 5.74) is 12.6. The molecule has 0 aliphatic carbocycles. The van der Waals surface area contributed by atoms with Crippen molar-refractivity contribution in [2.75, 3.05) is 12.3 Å². The highest BCUT2D eigenvalue weighted by Crippen LogP contribution is 2.18. The second-order valence-corrected chi connectivity index (χ2v) is 13.3. The van der Waals surface area contributed by atoms with Gasteiger partial charge in [-0.25, -0.2) is 4.79 Å². The summed E-state index contributed by atoms with van der Waals surface area (Å²) >= 11 is 8.39. The van der Waals surface area contributed by atoms with E-state index in [0.29, 0.717) is 17.5 Å². The molecule has 2 rings (SSSR count). The van der Waals surface area contributed by atoms with Gasteiger partial charge in [-0.05, 0) is 37.8 Å². The number of thiol groups is 2. The highest BCUT2D eigenvalue weighted by Gasteiger charge is 2.37. The Balaban J connectivity index is 2.40. The Morgan fingerprint density at radius 3 is 1.65 bits per heavy atom. The normalized spacial score (nSPS) is 14.3. The number of benzene rings is 2. The molecule has 0 heterocycles. The van der Waals surface area contributed by atoms with Crippen molar-refractivity contribution in [1.82, 2.24) is 26.6 Å². The van der Waals surface area contributed by atoms with Gasteiger partial charge in [-0.15, -0.1) is 0 Å². The number of nitrogens with two attached hydrogens (primary N) is 2. The second kappa shape index (κ2) is 19.5. The number of nitrogens with one attached hydrogen (secondary N) is 6. The lowest BCUT2D eigenvalue weighted by Gasteiger charge is -2.30. The summed E-state index contributed by atoms with van der Waals surface area (Å²) in [7, 11) is 0. The number of carboxylic acid groups (broad SMARTS) is 1. The largest absolute Gasteiger partial charge is 0.480 e. The molecule has 48 heavy (non-hydrogen) atoms. The lowest BCUT2D eigenvalue weighted by atomic mass is 10.00. The predicted molar refractivity (Wildman–Crippen MR) is 190 cm³/mol. The van der Waals surface area contributed by atoms with Gasteiger partial charge >= 0.3 is 5.97 Å². The molecule has 2 aromatic rings. The standard InChI is InChI=1S/C32H46N8O6S2/c1-32(2,48)25(30(45)46)40-29(44)24(17-20-12-7-4-8-13-20)39-28(43)23(16-19-10-5-3-6-11-19)38-27(42)22(14-9-15-36-31(34)35)37-26(41)21(33)18-47/h3-8,10-13,21-25,47-48H,9,14-18,33H2,1-2H3,(H,37,41)(H,38,42)(H,39,43)(H,40,44)(H,45,46)(H4,34,35,36)/t21-,22+,23+,24+,25-/m1/s1. The highest BCUT2D eigenvalue weighted by atomic mass is 32.1. The Kier molecular flexibility index (Phi) is 16.2. The zero-order chi connectivity index (χ0) is 35.9. The van der Waals surface area contributed by atoms with Crippen molar-refractivity contribution in [3.05, 3.63) is 71.8 Å². The lowest BCUT2D eigenvalue weighted by Crippen LogP contribution is -2.60. The third kappa shape index (κ3) is 13.8. The average molecular weight is 703 g/mol. The van der Waals surface area contributed by atoms with Crippen molar-refractivity contribution >= 4 is 60.8 Å². The van der Waals surface area contributed by atoms with Crippen LogP contribution in [0.1, 0.15) is 37.8 Å². The zero-order valence-corrected chi connectivity index (χ0v) is 28.7. The van der Waals surface area contributed by atoms with Crippen LogP contribution >= 0.6 is 25.3 Å². The Morgan fingerprint density at radius 1 is 0.792 bits per heavy atom. The van der Waals surface area contributed by atoms with Crippen LogP contribution in [0.2, 0.25) is 0 Å². The molecule has 262 valence electrons. The topological polar surface area (TPSA) is 242 Å². The maximum Gasteiger partial charge on any atom is 0.327 e. The molecule has 0 radical (unpaired) electrons. The van der Waals surface area contributed by atoms with Crippen LogP contribution in [-0.2, 0) is 36.8 Å². The predicted octanol–water partition coefficient (Wildman–Crippen LogP) is -0.276. The van der Waals surface area contributed by atoms with Crippen molar-refractivity contribution in [3.63, 3.8) is 0 Å². The van der Waals surface area contributed by atoms with Gasteiger partial charge in [0.25, 0.3) is 0 Å². The van der Waals surface area contributed by atoms with E-state index in [2.05, 4.69) is 51.8 Å². The molecule has 0 spiro atoms. The van der Waals surface area contributed by atoms with Crippen molar-refractivity contribution in [3.8, 4) is 0 Å². The number of rotatable bonds is 19. The summed E-state index contributed by atoms with van der Waals surface area (Å²) in [6.45, 7) is 3.33. The first-order valence-corrected chi connectivity index (χ1v) is 16.4. The number of carbonyl (C=O) groups is 5. The van der Waals surface area contributed by atoms with Gasteiger partial charge in [-0.1, -0.05) is 60.7 Å². The van der Waals surface area contributed by atoms with Crippen LogP contribution in [0.4, 0.5) is 0 Å². The zero-order valence-electron chi connectivity index (χ0n) is 26.9. The van der Waals surface area contributed by atoms with Gasteiger partial charge in [0.15, 0.2) is 5.96 Å². The number of hydrogen-bond donors (Lipinski definition) is 11.